The molecule has 2 atom stereocenters. The first kappa shape index (κ1) is 8.27. The summed E-state index contributed by atoms with van der Waals surface area (Å²) in [7, 11) is 0. The first-order valence-corrected chi connectivity index (χ1v) is 4.35. The van der Waals surface area contributed by atoms with Crippen LogP contribution >= 0.6 is 0 Å². The normalized spacial score (nSPS) is 25.2. The molecule has 1 heteroatoms. The minimum atomic E-state index is -0.00417. The molecule has 1 aromatic rings. The molecule has 0 N–H and O–H groups in total. The van der Waals surface area contributed by atoms with E-state index in [1.807, 2.05) is 12.2 Å². The van der Waals surface area contributed by atoms with Gasteiger partial charge in [-0.15, -0.1) is 13.2 Å². The molecule has 1 aromatic carbocycles. The lowest BCUT2D eigenvalue weighted by Crippen LogP contribution is -2.01. The third-order valence-electron chi connectivity index (χ3n) is 2.31. The Bertz CT molecular complexity index is 290. The summed E-state index contributed by atoms with van der Waals surface area (Å²) in [5.41, 5.74) is 2.31. The van der Waals surface area contributed by atoms with Crippen LogP contribution in [0.4, 0.5) is 0 Å². The van der Waals surface area contributed by atoms with Gasteiger partial charge in [0.1, 0.15) is 12.2 Å². The number of fused-ring (bicyclic) bond motifs is 4. The van der Waals surface area contributed by atoms with Gasteiger partial charge in [0.05, 0.1) is 0 Å². The van der Waals surface area contributed by atoms with E-state index in [-0.39, 0.29) is 12.2 Å². The van der Waals surface area contributed by atoms with Gasteiger partial charge in [0.25, 0.3) is 0 Å². The Balaban J connectivity index is 2.45. The van der Waals surface area contributed by atoms with Gasteiger partial charge in [0.15, 0.2) is 0 Å². The van der Waals surface area contributed by atoms with Crippen molar-refractivity contribution in [2.75, 3.05) is 0 Å². The lowest BCUT2D eigenvalue weighted by atomic mass is 10.1. The molecule has 0 fully saturated rings. The molecule has 0 saturated carbocycles. The molecular formula is C12H12O. The molecule has 2 unspecified atom stereocenters. The van der Waals surface area contributed by atoms with Gasteiger partial charge in [-0.2, -0.15) is 0 Å². The lowest BCUT2D eigenvalue weighted by molar-refractivity contribution is 0.0440. The largest absolute Gasteiger partial charge is 0.357 e. The van der Waals surface area contributed by atoms with Gasteiger partial charge in [-0.1, -0.05) is 36.4 Å². The van der Waals surface area contributed by atoms with Gasteiger partial charge in [-0.05, 0) is 11.1 Å². The maximum atomic E-state index is 5.76. The number of benzene rings is 1. The fourth-order valence-electron chi connectivity index (χ4n) is 1.57. The van der Waals surface area contributed by atoms with Gasteiger partial charge < -0.3 is 4.74 Å². The van der Waals surface area contributed by atoms with Crippen molar-refractivity contribution in [1.29, 1.82) is 0 Å². The van der Waals surface area contributed by atoms with Crippen molar-refractivity contribution in [2.24, 2.45) is 0 Å². The fourth-order valence-corrected chi connectivity index (χ4v) is 1.57. The molecule has 2 aliphatic rings. The van der Waals surface area contributed by atoms with E-state index < -0.39 is 0 Å². The van der Waals surface area contributed by atoms with Crippen LogP contribution in [-0.2, 0) is 4.74 Å². The highest BCUT2D eigenvalue weighted by Crippen LogP contribution is 2.32. The molecule has 2 heterocycles. The molecular weight excluding hydrogens is 160 g/mol. The van der Waals surface area contributed by atoms with Crippen molar-refractivity contribution in [1.82, 2.24) is 0 Å². The monoisotopic (exact) mass is 172 g/mol. The highest BCUT2D eigenvalue weighted by atomic mass is 16.5. The van der Waals surface area contributed by atoms with Crippen molar-refractivity contribution in [3.63, 3.8) is 0 Å². The lowest BCUT2D eigenvalue weighted by Gasteiger charge is -2.15. The SMILES string of the molecule is C=CC1OC(C=C)c2ccc1cc2. The molecule has 1 nitrogen and oxygen atoms in total. The average molecular weight is 172 g/mol. The summed E-state index contributed by atoms with van der Waals surface area (Å²) in [6.45, 7) is 7.51. The fraction of sp³-hybridized carbons (Fsp3) is 0.167. The van der Waals surface area contributed by atoms with E-state index in [2.05, 4.69) is 37.4 Å². The summed E-state index contributed by atoms with van der Waals surface area (Å²) in [6.07, 6.45) is 3.62. The summed E-state index contributed by atoms with van der Waals surface area (Å²) >= 11 is 0. The summed E-state index contributed by atoms with van der Waals surface area (Å²) < 4.78 is 5.76. The Morgan fingerprint density at radius 3 is 1.62 bits per heavy atom. The van der Waals surface area contributed by atoms with Crippen LogP contribution in [0.25, 0.3) is 0 Å². The van der Waals surface area contributed by atoms with Crippen LogP contribution in [0.2, 0.25) is 0 Å². The Morgan fingerprint density at radius 2 is 1.31 bits per heavy atom. The van der Waals surface area contributed by atoms with Crippen LogP contribution in [-0.4, -0.2) is 0 Å². The van der Waals surface area contributed by atoms with Gasteiger partial charge >= 0.3 is 0 Å². The van der Waals surface area contributed by atoms with Crippen LogP contribution in [0.15, 0.2) is 49.6 Å². The van der Waals surface area contributed by atoms with E-state index in [0.717, 1.165) is 11.1 Å². The maximum absolute atomic E-state index is 5.76. The van der Waals surface area contributed by atoms with Crippen LogP contribution in [0.3, 0.4) is 0 Å². The number of hydrogen-bond acceptors (Lipinski definition) is 1. The first-order valence-electron chi connectivity index (χ1n) is 4.35. The standard InChI is InChI=1S/C12H12O/c1-3-11-9-5-7-10(8-6-9)12(4-2)13-11/h3-8,11-12H,1-2H2. The van der Waals surface area contributed by atoms with Gasteiger partial charge in [-0.25, -0.2) is 0 Å². The minimum absolute atomic E-state index is 0.00417. The summed E-state index contributed by atoms with van der Waals surface area (Å²) in [5, 5.41) is 0. The van der Waals surface area contributed by atoms with Crippen molar-refractivity contribution in [3.05, 3.63) is 60.7 Å². The molecule has 66 valence electrons. The number of hydrogen-bond donors (Lipinski definition) is 0. The van der Waals surface area contributed by atoms with Gasteiger partial charge in [0, 0.05) is 0 Å². The first-order chi connectivity index (χ1) is 6.35. The molecule has 0 aliphatic carbocycles. The molecule has 2 aliphatic heterocycles. The molecule has 0 saturated heterocycles. The second-order valence-electron chi connectivity index (χ2n) is 3.12. The van der Waals surface area contributed by atoms with E-state index >= 15 is 0 Å². The zero-order chi connectivity index (χ0) is 9.26. The van der Waals surface area contributed by atoms with E-state index in [9.17, 15) is 0 Å². The molecule has 0 spiro atoms. The van der Waals surface area contributed by atoms with Crippen LogP contribution in [0.5, 0.6) is 0 Å². The number of ether oxygens (including phenoxy) is 1. The average Bonchev–Trinajstić information content (AvgIpc) is 2.46. The number of rotatable bonds is 2. The molecule has 13 heavy (non-hydrogen) atoms. The van der Waals surface area contributed by atoms with Gasteiger partial charge in [0.2, 0.25) is 0 Å². The maximum Gasteiger partial charge on any atom is 0.102 e. The van der Waals surface area contributed by atoms with Crippen molar-refractivity contribution < 1.29 is 4.74 Å². The van der Waals surface area contributed by atoms with Crippen LogP contribution in [0.1, 0.15) is 23.3 Å². The van der Waals surface area contributed by atoms with E-state index in [4.69, 9.17) is 4.74 Å². The summed E-state index contributed by atoms with van der Waals surface area (Å²) in [5.74, 6) is 0. The van der Waals surface area contributed by atoms with Crippen molar-refractivity contribution >= 4 is 0 Å². The summed E-state index contributed by atoms with van der Waals surface area (Å²) in [4.78, 5) is 0. The van der Waals surface area contributed by atoms with Crippen LogP contribution < -0.4 is 0 Å². The molecule has 2 bridgehead atoms. The van der Waals surface area contributed by atoms with Crippen LogP contribution in [0, 0.1) is 0 Å². The minimum Gasteiger partial charge on any atom is -0.357 e. The smallest absolute Gasteiger partial charge is 0.102 e. The Hall–Kier alpha value is -1.34. The third kappa shape index (κ3) is 1.31. The van der Waals surface area contributed by atoms with E-state index in [0.29, 0.717) is 0 Å². The molecule has 0 radical (unpaired) electrons. The molecule has 0 aromatic heterocycles. The predicted octanol–water partition coefficient (Wildman–Crippen LogP) is 3.17. The summed E-state index contributed by atoms with van der Waals surface area (Å²) in [6, 6.07) is 8.30. The Kier molecular flexibility index (Phi) is 2.03. The molecule has 0 amide bonds. The van der Waals surface area contributed by atoms with Crippen molar-refractivity contribution in [3.8, 4) is 0 Å². The second-order valence-corrected chi connectivity index (χ2v) is 3.12. The van der Waals surface area contributed by atoms with E-state index in [1.165, 1.54) is 0 Å². The van der Waals surface area contributed by atoms with Crippen molar-refractivity contribution in [2.45, 2.75) is 12.2 Å². The quantitative estimate of drug-likeness (QED) is 0.622. The third-order valence-corrected chi connectivity index (χ3v) is 2.31. The predicted molar refractivity (Wildman–Crippen MR) is 53.4 cm³/mol. The zero-order valence-corrected chi connectivity index (χ0v) is 7.44. The topological polar surface area (TPSA) is 9.23 Å². The highest BCUT2D eigenvalue weighted by molar-refractivity contribution is 5.31. The van der Waals surface area contributed by atoms with E-state index in [1.54, 1.807) is 0 Å². The van der Waals surface area contributed by atoms with Gasteiger partial charge in [-0.3, -0.25) is 0 Å². The second kappa shape index (κ2) is 3.19. The Morgan fingerprint density at radius 1 is 0.923 bits per heavy atom. The zero-order valence-electron chi connectivity index (χ0n) is 7.44. The Labute approximate surface area is 78.3 Å². The highest BCUT2D eigenvalue weighted by Gasteiger charge is 2.19. The molecule has 3 rings (SSSR count).